The van der Waals surface area contributed by atoms with Gasteiger partial charge in [0, 0.05) is 28.9 Å². The lowest BCUT2D eigenvalue weighted by molar-refractivity contribution is -0.136. The van der Waals surface area contributed by atoms with E-state index in [9.17, 15) is 9.59 Å². The zero-order valence-corrected chi connectivity index (χ0v) is 19.9. The molecule has 9 heteroatoms. The van der Waals surface area contributed by atoms with Gasteiger partial charge in [-0.05, 0) is 43.3 Å². The summed E-state index contributed by atoms with van der Waals surface area (Å²) in [4.78, 5) is 37.7. The molecule has 2 aliphatic heterocycles. The summed E-state index contributed by atoms with van der Waals surface area (Å²) in [5, 5.41) is 4.66. The van der Waals surface area contributed by atoms with Gasteiger partial charge in [-0.15, -0.1) is 22.7 Å². The quantitative estimate of drug-likeness (QED) is 0.570. The summed E-state index contributed by atoms with van der Waals surface area (Å²) in [6, 6.07) is 4.01. The second kappa shape index (κ2) is 9.43. The molecule has 0 bridgehead atoms. The number of carbonyl (C=O) groups is 1. The highest BCUT2D eigenvalue weighted by Gasteiger charge is 2.24. The fraction of sp³-hybridized carbons (Fsp3) is 0.522. The maximum absolute atomic E-state index is 13.8. The minimum atomic E-state index is -0.110. The van der Waals surface area contributed by atoms with Gasteiger partial charge in [-0.3, -0.25) is 19.1 Å². The van der Waals surface area contributed by atoms with Crippen LogP contribution in [-0.2, 0) is 22.6 Å². The molecule has 170 valence electrons. The number of ether oxygens (including phenoxy) is 1. The minimum absolute atomic E-state index is 0.0288. The lowest BCUT2D eigenvalue weighted by atomic mass is 9.99. The van der Waals surface area contributed by atoms with Crippen LogP contribution in [-0.4, -0.2) is 64.7 Å². The van der Waals surface area contributed by atoms with Crippen molar-refractivity contribution in [3.63, 3.8) is 0 Å². The molecule has 32 heavy (non-hydrogen) atoms. The Hall–Kier alpha value is -2.07. The maximum atomic E-state index is 13.8. The van der Waals surface area contributed by atoms with Crippen molar-refractivity contribution < 1.29 is 9.53 Å². The number of thiophene rings is 2. The smallest absolute Gasteiger partial charge is 0.263 e. The Morgan fingerprint density at radius 2 is 1.97 bits per heavy atom. The first-order valence-corrected chi connectivity index (χ1v) is 13.0. The summed E-state index contributed by atoms with van der Waals surface area (Å²) in [5.74, 6) is 1.38. The SMILES string of the molecule is CC1CCN(Cc2nc3scc(-c4cccs4)c3c(=O)n2CC(=O)N2CCOCC2)CC1. The fourth-order valence-corrected chi connectivity index (χ4v) is 6.20. The Bertz CT molecular complexity index is 1140. The van der Waals surface area contributed by atoms with E-state index in [2.05, 4.69) is 11.8 Å². The molecule has 2 saturated heterocycles. The Kier molecular flexibility index (Phi) is 6.41. The average molecular weight is 473 g/mol. The number of carbonyl (C=O) groups excluding carboxylic acids is 1. The van der Waals surface area contributed by atoms with Crippen LogP contribution in [0.2, 0.25) is 0 Å². The number of rotatable bonds is 5. The third kappa shape index (κ3) is 4.39. The molecule has 3 aromatic rings. The number of morpholine rings is 1. The van der Waals surface area contributed by atoms with E-state index in [0.717, 1.165) is 47.1 Å². The predicted molar refractivity (Wildman–Crippen MR) is 128 cm³/mol. The fourth-order valence-electron chi connectivity index (χ4n) is 4.43. The van der Waals surface area contributed by atoms with Gasteiger partial charge >= 0.3 is 0 Å². The van der Waals surface area contributed by atoms with Crippen LogP contribution in [0.4, 0.5) is 0 Å². The normalized spacial score (nSPS) is 18.5. The third-order valence-electron chi connectivity index (χ3n) is 6.46. The van der Waals surface area contributed by atoms with Gasteiger partial charge in [0.1, 0.15) is 17.2 Å². The van der Waals surface area contributed by atoms with Gasteiger partial charge in [-0.2, -0.15) is 0 Å². The van der Waals surface area contributed by atoms with Crippen LogP contribution in [0.25, 0.3) is 20.7 Å². The molecule has 2 fully saturated rings. The number of amides is 1. The molecule has 5 heterocycles. The second-order valence-corrected chi connectivity index (χ2v) is 10.5. The lowest BCUT2D eigenvalue weighted by Crippen LogP contribution is -2.44. The molecule has 3 aromatic heterocycles. The van der Waals surface area contributed by atoms with E-state index in [4.69, 9.17) is 9.72 Å². The van der Waals surface area contributed by atoms with Crippen LogP contribution in [0.1, 0.15) is 25.6 Å². The van der Waals surface area contributed by atoms with Crippen molar-refractivity contribution in [3.8, 4) is 10.4 Å². The zero-order valence-electron chi connectivity index (χ0n) is 18.3. The van der Waals surface area contributed by atoms with Crippen LogP contribution in [0.3, 0.4) is 0 Å². The van der Waals surface area contributed by atoms with E-state index >= 15 is 0 Å². The number of likely N-dealkylation sites (tertiary alicyclic amines) is 1. The lowest BCUT2D eigenvalue weighted by Gasteiger charge is -2.31. The standard InChI is InChI=1S/C23H28N4O3S2/c1-16-4-6-25(7-5-16)13-19-24-22-21(17(15-32-22)18-3-2-12-31-18)23(29)27(19)14-20(28)26-8-10-30-11-9-26/h2-3,12,15-16H,4-11,13-14H2,1H3. The summed E-state index contributed by atoms with van der Waals surface area (Å²) < 4.78 is 7.01. The first-order valence-electron chi connectivity index (χ1n) is 11.2. The van der Waals surface area contributed by atoms with E-state index in [-0.39, 0.29) is 18.0 Å². The Morgan fingerprint density at radius 3 is 2.69 bits per heavy atom. The van der Waals surface area contributed by atoms with E-state index in [1.54, 1.807) is 20.8 Å². The highest BCUT2D eigenvalue weighted by molar-refractivity contribution is 7.18. The number of hydrogen-bond acceptors (Lipinski definition) is 7. The summed E-state index contributed by atoms with van der Waals surface area (Å²) in [6.45, 7) is 7.14. The monoisotopic (exact) mass is 472 g/mol. The summed E-state index contributed by atoms with van der Waals surface area (Å²) >= 11 is 3.12. The van der Waals surface area contributed by atoms with Crippen LogP contribution in [0.15, 0.2) is 27.7 Å². The molecule has 1 amide bonds. The maximum Gasteiger partial charge on any atom is 0.263 e. The van der Waals surface area contributed by atoms with Crippen molar-refractivity contribution in [2.75, 3.05) is 39.4 Å². The summed E-state index contributed by atoms with van der Waals surface area (Å²) in [6.07, 6.45) is 2.31. The predicted octanol–water partition coefficient (Wildman–Crippen LogP) is 3.28. The third-order valence-corrected chi connectivity index (χ3v) is 8.23. The Morgan fingerprint density at radius 1 is 1.19 bits per heavy atom. The summed E-state index contributed by atoms with van der Waals surface area (Å²) in [7, 11) is 0. The molecule has 0 radical (unpaired) electrons. The molecule has 5 rings (SSSR count). The van der Waals surface area contributed by atoms with Crippen molar-refractivity contribution in [2.24, 2.45) is 5.92 Å². The first kappa shape index (κ1) is 21.8. The zero-order chi connectivity index (χ0) is 22.1. The molecule has 0 aromatic carbocycles. The second-order valence-electron chi connectivity index (χ2n) is 8.68. The molecule has 0 saturated carbocycles. The Balaban J connectivity index is 1.53. The van der Waals surface area contributed by atoms with E-state index < -0.39 is 0 Å². The van der Waals surface area contributed by atoms with E-state index in [1.807, 2.05) is 22.9 Å². The van der Waals surface area contributed by atoms with Crippen LogP contribution in [0, 0.1) is 5.92 Å². The van der Waals surface area contributed by atoms with Crippen molar-refractivity contribution >= 4 is 38.8 Å². The van der Waals surface area contributed by atoms with Gasteiger partial charge in [-0.25, -0.2) is 4.98 Å². The van der Waals surface area contributed by atoms with Crippen molar-refractivity contribution in [3.05, 3.63) is 39.1 Å². The highest BCUT2D eigenvalue weighted by Crippen LogP contribution is 2.34. The molecule has 0 spiro atoms. The topological polar surface area (TPSA) is 67.7 Å². The van der Waals surface area contributed by atoms with Gasteiger partial charge in [-0.1, -0.05) is 13.0 Å². The van der Waals surface area contributed by atoms with Crippen molar-refractivity contribution in [1.29, 1.82) is 0 Å². The Labute approximate surface area is 195 Å². The first-order chi connectivity index (χ1) is 15.6. The van der Waals surface area contributed by atoms with Gasteiger partial charge in [0.05, 0.1) is 25.1 Å². The molecular weight excluding hydrogens is 444 g/mol. The highest BCUT2D eigenvalue weighted by atomic mass is 32.1. The molecule has 7 nitrogen and oxygen atoms in total. The van der Waals surface area contributed by atoms with Crippen molar-refractivity contribution in [1.82, 2.24) is 19.4 Å². The molecule has 2 aliphatic rings. The number of piperidine rings is 1. The van der Waals surface area contributed by atoms with Gasteiger partial charge in [0.2, 0.25) is 5.91 Å². The van der Waals surface area contributed by atoms with E-state index in [1.165, 1.54) is 11.3 Å². The number of aromatic nitrogens is 2. The van der Waals surface area contributed by atoms with E-state index in [0.29, 0.717) is 44.1 Å². The molecular formula is C23H28N4O3S2. The molecule has 0 atom stereocenters. The number of hydrogen-bond donors (Lipinski definition) is 0. The molecule has 0 unspecified atom stereocenters. The van der Waals surface area contributed by atoms with Crippen LogP contribution < -0.4 is 5.56 Å². The molecule has 0 N–H and O–H groups in total. The average Bonchev–Trinajstić information content (AvgIpc) is 3.48. The minimum Gasteiger partial charge on any atom is -0.378 e. The van der Waals surface area contributed by atoms with Gasteiger partial charge in [0.15, 0.2) is 0 Å². The van der Waals surface area contributed by atoms with Gasteiger partial charge < -0.3 is 9.64 Å². The van der Waals surface area contributed by atoms with Crippen LogP contribution >= 0.6 is 22.7 Å². The number of nitrogens with zero attached hydrogens (tertiary/aromatic N) is 4. The largest absolute Gasteiger partial charge is 0.378 e. The van der Waals surface area contributed by atoms with Crippen molar-refractivity contribution in [2.45, 2.75) is 32.9 Å². The van der Waals surface area contributed by atoms with Crippen LogP contribution in [0.5, 0.6) is 0 Å². The summed E-state index contributed by atoms with van der Waals surface area (Å²) in [5.41, 5.74) is 0.810. The van der Waals surface area contributed by atoms with Gasteiger partial charge in [0.25, 0.3) is 5.56 Å². The number of fused-ring (bicyclic) bond motifs is 1. The molecule has 0 aliphatic carbocycles.